The zero-order valence-electron chi connectivity index (χ0n) is 11.0. The molecule has 0 aromatic carbocycles. The monoisotopic (exact) mass is 236 g/mol. The predicted octanol–water partition coefficient (Wildman–Crippen LogP) is 2.28. The van der Waals surface area contributed by atoms with Crippen LogP contribution in [0.2, 0.25) is 0 Å². The number of pyridine rings is 1. The third-order valence-electron chi connectivity index (χ3n) is 3.02. The quantitative estimate of drug-likeness (QED) is 0.725. The summed E-state index contributed by atoms with van der Waals surface area (Å²) in [4.78, 5) is 4.31. The summed E-state index contributed by atoms with van der Waals surface area (Å²) < 4.78 is 5.79. The molecule has 0 spiro atoms. The standard InChI is InChI=1S/C13H20N2O2/c1-12(2,3)8-6-9-10(14-7-8)15-11(16)13(4,5)17-9/h6-7,11,16H,1-5H3,(H,14,15). The first kappa shape index (κ1) is 12.2. The molecule has 1 atom stereocenters. The second kappa shape index (κ2) is 3.60. The van der Waals surface area contributed by atoms with Gasteiger partial charge in [-0.3, -0.25) is 0 Å². The van der Waals surface area contributed by atoms with E-state index in [1.165, 1.54) is 0 Å². The summed E-state index contributed by atoms with van der Waals surface area (Å²) in [5.74, 6) is 1.30. The first-order valence-corrected chi connectivity index (χ1v) is 5.84. The Kier molecular flexibility index (Phi) is 2.58. The lowest BCUT2D eigenvalue weighted by Crippen LogP contribution is -2.49. The van der Waals surface area contributed by atoms with Gasteiger partial charge in [0, 0.05) is 6.20 Å². The SMILES string of the molecule is CC(C)(C)c1cnc2c(c1)OC(C)(C)C(O)N2. The topological polar surface area (TPSA) is 54.4 Å². The number of aromatic nitrogens is 1. The van der Waals surface area contributed by atoms with E-state index >= 15 is 0 Å². The van der Waals surface area contributed by atoms with E-state index in [0.29, 0.717) is 11.6 Å². The largest absolute Gasteiger partial charge is 0.479 e. The van der Waals surface area contributed by atoms with Crippen LogP contribution in [0.25, 0.3) is 0 Å². The number of fused-ring (bicyclic) bond motifs is 1. The Morgan fingerprint density at radius 3 is 2.65 bits per heavy atom. The molecule has 2 heterocycles. The minimum Gasteiger partial charge on any atom is -0.479 e. The van der Waals surface area contributed by atoms with Crippen molar-refractivity contribution in [3.8, 4) is 5.75 Å². The molecular weight excluding hydrogens is 216 g/mol. The van der Waals surface area contributed by atoms with Crippen LogP contribution in [0.1, 0.15) is 40.2 Å². The molecule has 94 valence electrons. The van der Waals surface area contributed by atoms with Crippen LogP contribution >= 0.6 is 0 Å². The molecule has 2 rings (SSSR count). The molecule has 0 saturated heterocycles. The van der Waals surface area contributed by atoms with Gasteiger partial charge in [-0.2, -0.15) is 0 Å². The molecule has 0 amide bonds. The maximum absolute atomic E-state index is 9.84. The van der Waals surface area contributed by atoms with Gasteiger partial charge in [-0.05, 0) is 30.9 Å². The van der Waals surface area contributed by atoms with E-state index in [1.807, 2.05) is 26.1 Å². The summed E-state index contributed by atoms with van der Waals surface area (Å²) in [5, 5.41) is 12.8. The average Bonchev–Trinajstić information content (AvgIpc) is 2.17. The van der Waals surface area contributed by atoms with Crippen molar-refractivity contribution in [3.05, 3.63) is 17.8 Å². The second-order valence-electron chi connectivity index (χ2n) is 6.07. The van der Waals surface area contributed by atoms with Gasteiger partial charge >= 0.3 is 0 Å². The third kappa shape index (κ3) is 2.22. The predicted molar refractivity (Wildman–Crippen MR) is 67.3 cm³/mol. The van der Waals surface area contributed by atoms with Crippen molar-refractivity contribution < 1.29 is 9.84 Å². The Bertz CT molecular complexity index is 436. The third-order valence-corrected chi connectivity index (χ3v) is 3.02. The highest BCUT2D eigenvalue weighted by molar-refractivity contribution is 5.54. The summed E-state index contributed by atoms with van der Waals surface area (Å²) in [5.41, 5.74) is 0.502. The number of hydrogen-bond acceptors (Lipinski definition) is 4. The van der Waals surface area contributed by atoms with Crippen LogP contribution in [0, 0.1) is 0 Å². The van der Waals surface area contributed by atoms with Crippen molar-refractivity contribution in [1.82, 2.24) is 4.98 Å². The van der Waals surface area contributed by atoms with Gasteiger partial charge < -0.3 is 15.2 Å². The highest BCUT2D eigenvalue weighted by atomic mass is 16.5. The summed E-state index contributed by atoms with van der Waals surface area (Å²) >= 11 is 0. The van der Waals surface area contributed by atoms with Gasteiger partial charge in [-0.25, -0.2) is 4.98 Å². The maximum atomic E-state index is 9.84. The Balaban J connectivity index is 2.41. The van der Waals surface area contributed by atoms with E-state index in [0.717, 1.165) is 5.56 Å². The van der Waals surface area contributed by atoms with E-state index in [9.17, 15) is 5.11 Å². The molecule has 0 aliphatic carbocycles. The van der Waals surface area contributed by atoms with Crippen LogP contribution in [-0.4, -0.2) is 21.9 Å². The number of aliphatic hydroxyl groups excluding tert-OH is 1. The molecule has 1 aromatic heterocycles. The molecule has 0 saturated carbocycles. The number of rotatable bonds is 0. The fraction of sp³-hybridized carbons (Fsp3) is 0.615. The highest BCUT2D eigenvalue weighted by Gasteiger charge is 2.36. The van der Waals surface area contributed by atoms with Crippen LogP contribution in [0.3, 0.4) is 0 Å². The van der Waals surface area contributed by atoms with Gasteiger partial charge in [0.25, 0.3) is 0 Å². The summed E-state index contributed by atoms with van der Waals surface area (Å²) in [7, 11) is 0. The minimum atomic E-state index is -0.747. The van der Waals surface area contributed by atoms with Crippen LogP contribution in [0.15, 0.2) is 12.3 Å². The minimum absolute atomic E-state index is 0.0333. The van der Waals surface area contributed by atoms with Gasteiger partial charge in [0.15, 0.2) is 17.8 Å². The molecule has 17 heavy (non-hydrogen) atoms. The van der Waals surface area contributed by atoms with Crippen molar-refractivity contribution >= 4 is 5.82 Å². The van der Waals surface area contributed by atoms with Crippen molar-refractivity contribution in [2.75, 3.05) is 5.32 Å². The number of nitrogens with one attached hydrogen (secondary N) is 1. The molecule has 0 fully saturated rings. The second-order valence-corrected chi connectivity index (χ2v) is 6.07. The average molecular weight is 236 g/mol. The van der Waals surface area contributed by atoms with E-state index in [1.54, 1.807) is 0 Å². The fourth-order valence-electron chi connectivity index (χ4n) is 1.68. The van der Waals surface area contributed by atoms with Crippen LogP contribution in [-0.2, 0) is 5.41 Å². The summed E-state index contributed by atoms with van der Waals surface area (Å²) in [6.45, 7) is 10.1. The Morgan fingerprint density at radius 1 is 1.41 bits per heavy atom. The Labute approximate surface area is 102 Å². The number of nitrogens with zero attached hydrogens (tertiary/aromatic N) is 1. The van der Waals surface area contributed by atoms with E-state index in [4.69, 9.17) is 4.74 Å². The fourth-order valence-corrected chi connectivity index (χ4v) is 1.68. The zero-order valence-corrected chi connectivity index (χ0v) is 11.0. The molecule has 0 radical (unpaired) electrons. The van der Waals surface area contributed by atoms with Gasteiger partial charge in [-0.15, -0.1) is 0 Å². The molecule has 1 aliphatic rings. The molecule has 1 unspecified atom stereocenters. The smallest absolute Gasteiger partial charge is 0.170 e. The molecule has 2 N–H and O–H groups in total. The Morgan fingerprint density at radius 2 is 2.06 bits per heavy atom. The molecular formula is C13H20N2O2. The Hall–Kier alpha value is -1.29. The number of anilines is 1. The molecule has 1 aromatic rings. The highest BCUT2D eigenvalue weighted by Crippen LogP contribution is 2.36. The normalized spacial score (nSPS) is 22.4. The van der Waals surface area contributed by atoms with E-state index in [-0.39, 0.29) is 5.41 Å². The van der Waals surface area contributed by atoms with Crippen molar-refractivity contribution in [1.29, 1.82) is 0 Å². The van der Waals surface area contributed by atoms with Gasteiger partial charge in [0.1, 0.15) is 5.60 Å². The lowest BCUT2D eigenvalue weighted by molar-refractivity contribution is -0.0218. The number of ether oxygens (including phenoxy) is 1. The van der Waals surface area contributed by atoms with Crippen LogP contribution < -0.4 is 10.1 Å². The molecule has 4 heteroatoms. The number of hydrogen-bond donors (Lipinski definition) is 2. The zero-order chi connectivity index (χ0) is 12.8. The van der Waals surface area contributed by atoms with E-state index < -0.39 is 11.8 Å². The van der Waals surface area contributed by atoms with Gasteiger partial charge in [0.2, 0.25) is 0 Å². The lowest BCUT2D eigenvalue weighted by Gasteiger charge is -2.37. The summed E-state index contributed by atoms with van der Waals surface area (Å²) in [6.07, 6.45) is 1.07. The first-order chi connectivity index (χ1) is 7.70. The lowest BCUT2D eigenvalue weighted by atomic mass is 9.88. The molecule has 1 aliphatic heterocycles. The van der Waals surface area contributed by atoms with E-state index in [2.05, 4.69) is 31.1 Å². The van der Waals surface area contributed by atoms with Crippen LogP contribution in [0.5, 0.6) is 5.75 Å². The van der Waals surface area contributed by atoms with Gasteiger partial charge in [0.05, 0.1) is 0 Å². The van der Waals surface area contributed by atoms with Crippen molar-refractivity contribution in [3.63, 3.8) is 0 Å². The summed E-state index contributed by atoms with van der Waals surface area (Å²) in [6, 6.07) is 1.99. The molecule has 0 bridgehead atoms. The van der Waals surface area contributed by atoms with Gasteiger partial charge in [-0.1, -0.05) is 20.8 Å². The van der Waals surface area contributed by atoms with Crippen molar-refractivity contribution in [2.24, 2.45) is 0 Å². The first-order valence-electron chi connectivity index (χ1n) is 5.84. The van der Waals surface area contributed by atoms with Crippen molar-refractivity contribution in [2.45, 2.75) is 51.9 Å². The molecule has 4 nitrogen and oxygen atoms in total. The number of aliphatic hydroxyl groups is 1. The maximum Gasteiger partial charge on any atom is 0.170 e. The van der Waals surface area contributed by atoms with Crippen LogP contribution in [0.4, 0.5) is 5.82 Å².